The van der Waals surface area contributed by atoms with Crippen molar-refractivity contribution < 1.29 is 19.6 Å². The minimum Gasteiger partial charge on any atom is -0.480 e. The van der Waals surface area contributed by atoms with Crippen molar-refractivity contribution >= 4 is 29.2 Å². The molecule has 0 bridgehead atoms. The van der Waals surface area contributed by atoms with E-state index in [4.69, 9.17) is 16.7 Å². The Morgan fingerprint density at radius 2 is 2.10 bits per heavy atom. The zero-order valence-electron chi connectivity index (χ0n) is 11.6. The summed E-state index contributed by atoms with van der Waals surface area (Å²) in [7, 11) is 0. The maximum absolute atomic E-state index is 12.4. The largest absolute Gasteiger partial charge is 0.480 e. The van der Waals surface area contributed by atoms with Crippen molar-refractivity contribution in [1.82, 2.24) is 4.90 Å². The molecular weight excluding hydrogens is 300 g/mol. The van der Waals surface area contributed by atoms with Gasteiger partial charge in [0.25, 0.3) is 11.6 Å². The zero-order chi connectivity index (χ0) is 16.2. The molecule has 1 unspecified atom stereocenters. The molecule has 1 rings (SSSR count). The number of benzene rings is 1. The second-order valence-electron chi connectivity index (χ2n) is 4.50. The van der Waals surface area contributed by atoms with Gasteiger partial charge >= 0.3 is 5.97 Å². The standard InChI is InChI=1S/C13H15ClN2O5/c1-3-8(2)15(7-12(17)18)13(19)10-5-4-9(14)6-11(10)16(20)21/h4-6,8H,3,7H2,1-2H3,(H,17,18). The number of carboxylic acid groups (broad SMARTS) is 1. The van der Waals surface area contributed by atoms with Crippen molar-refractivity contribution in [2.75, 3.05) is 6.54 Å². The maximum Gasteiger partial charge on any atom is 0.323 e. The number of aliphatic carboxylic acids is 1. The van der Waals surface area contributed by atoms with Gasteiger partial charge in [0.2, 0.25) is 0 Å². The first kappa shape index (κ1) is 16.9. The van der Waals surface area contributed by atoms with E-state index in [1.54, 1.807) is 13.8 Å². The number of hydrogen-bond donors (Lipinski definition) is 1. The first-order chi connectivity index (χ1) is 9.77. The number of carbonyl (C=O) groups excluding carboxylic acids is 1. The van der Waals surface area contributed by atoms with Crippen molar-refractivity contribution in [1.29, 1.82) is 0 Å². The van der Waals surface area contributed by atoms with E-state index in [9.17, 15) is 19.7 Å². The Bertz CT molecular complexity index is 576. The molecule has 0 spiro atoms. The number of carbonyl (C=O) groups is 2. The number of nitro benzene ring substituents is 1. The van der Waals surface area contributed by atoms with E-state index in [0.717, 1.165) is 11.0 Å². The van der Waals surface area contributed by atoms with Crippen LogP contribution < -0.4 is 0 Å². The summed E-state index contributed by atoms with van der Waals surface area (Å²) in [4.78, 5) is 34.7. The topological polar surface area (TPSA) is 101 Å². The lowest BCUT2D eigenvalue weighted by atomic mass is 10.1. The number of amides is 1. The van der Waals surface area contributed by atoms with E-state index < -0.39 is 29.0 Å². The van der Waals surface area contributed by atoms with E-state index in [2.05, 4.69) is 0 Å². The summed E-state index contributed by atoms with van der Waals surface area (Å²) in [6.07, 6.45) is 0.528. The third-order valence-electron chi connectivity index (χ3n) is 3.08. The summed E-state index contributed by atoms with van der Waals surface area (Å²) >= 11 is 5.70. The highest BCUT2D eigenvalue weighted by atomic mass is 35.5. The van der Waals surface area contributed by atoms with Crippen molar-refractivity contribution in [3.63, 3.8) is 0 Å². The second kappa shape index (κ2) is 7.03. The molecule has 0 aliphatic heterocycles. The van der Waals surface area contributed by atoms with Crippen LogP contribution in [0.2, 0.25) is 5.02 Å². The van der Waals surface area contributed by atoms with Crippen molar-refractivity contribution in [3.8, 4) is 0 Å². The van der Waals surface area contributed by atoms with E-state index in [0.29, 0.717) is 6.42 Å². The third-order valence-corrected chi connectivity index (χ3v) is 3.31. The van der Waals surface area contributed by atoms with Gasteiger partial charge in [-0.25, -0.2) is 0 Å². The molecule has 0 aliphatic carbocycles. The van der Waals surface area contributed by atoms with Gasteiger partial charge in [0.1, 0.15) is 12.1 Å². The Balaban J connectivity index is 3.26. The van der Waals surface area contributed by atoms with Gasteiger partial charge in [0.05, 0.1) is 4.92 Å². The van der Waals surface area contributed by atoms with Crippen LogP contribution in [0.3, 0.4) is 0 Å². The van der Waals surface area contributed by atoms with Gasteiger partial charge in [0, 0.05) is 17.1 Å². The minimum atomic E-state index is -1.18. The van der Waals surface area contributed by atoms with Crippen LogP contribution in [0.1, 0.15) is 30.6 Å². The molecule has 8 heteroatoms. The smallest absolute Gasteiger partial charge is 0.323 e. The van der Waals surface area contributed by atoms with Gasteiger partial charge in [-0.3, -0.25) is 19.7 Å². The van der Waals surface area contributed by atoms with Crippen molar-refractivity contribution in [2.45, 2.75) is 26.3 Å². The van der Waals surface area contributed by atoms with Crippen molar-refractivity contribution in [3.05, 3.63) is 38.9 Å². The highest BCUT2D eigenvalue weighted by Gasteiger charge is 2.28. The van der Waals surface area contributed by atoms with Crippen LogP contribution in [0.25, 0.3) is 0 Å². The summed E-state index contributed by atoms with van der Waals surface area (Å²) in [5.41, 5.74) is -0.614. The van der Waals surface area contributed by atoms with E-state index in [1.165, 1.54) is 12.1 Å². The number of hydrogen-bond acceptors (Lipinski definition) is 4. The lowest BCUT2D eigenvalue weighted by Crippen LogP contribution is -2.42. The molecule has 0 saturated carbocycles. The number of nitrogens with zero attached hydrogens (tertiary/aromatic N) is 2. The van der Waals surface area contributed by atoms with Gasteiger partial charge < -0.3 is 10.0 Å². The zero-order valence-corrected chi connectivity index (χ0v) is 12.3. The molecule has 0 fully saturated rings. The van der Waals surface area contributed by atoms with E-state index in [-0.39, 0.29) is 16.6 Å². The Morgan fingerprint density at radius 3 is 2.57 bits per heavy atom. The Hall–Kier alpha value is -2.15. The molecule has 1 aromatic carbocycles. The Kier molecular flexibility index (Phi) is 5.66. The summed E-state index contributed by atoms with van der Waals surface area (Å²) < 4.78 is 0. The van der Waals surface area contributed by atoms with Crippen LogP contribution in [-0.2, 0) is 4.79 Å². The number of rotatable bonds is 6. The molecule has 1 amide bonds. The van der Waals surface area contributed by atoms with Crippen LogP contribution in [0.4, 0.5) is 5.69 Å². The Morgan fingerprint density at radius 1 is 1.48 bits per heavy atom. The fraction of sp³-hybridized carbons (Fsp3) is 0.385. The van der Waals surface area contributed by atoms with Gasteiger partial charge in [-0.05, 0) is 25.5 Å². The highest BCUT2D eigenvalue weighted by molar-refractivity contribution is 6.31. The molecule has 21 heavy (non-hydrogen) atoms. The third kappa shape index (κ3) is 4.16. The summed E-state index contributed by atoms with van der Waals surface area (Å²) in [6.45, 7) is 2.96. The van der Waals surface area contributed by atoms with E-state index in [1.807, 2.05) is 0 Å². The molecule has 114 valence electrons. The van der Waals surface area contributed by atoms with Crippen LogP contribution in [0.15, 0.2) is 18.2 Å². The number of nitro groups is 1. The summed E-state index contributed by atoms with van der Waals surface area (Å²) in [5.74, 6) is -1.88. The molecule has 0 saturated heterocycles. The average Bonchev–Trinajstić information content (AvgIpc) is 2.42. The molecular formula is C13H15ClN2O5. The molecule has 0 radical (unpaired) electrons. The van der Waals surface area contributed by atoms with Crippen molar-refractivity contribution in [2.24, 2.45) is 0 Å². The molecule has 0 heterocycles. The van der Waals surface area contributed by atoms with Gasteiger partial charge in [-0.1, -0.05) is 18.5 Å². The van der Waals surface area contributed by atoms with E-state index >= 15 is 0 Å². The normalized spacial score (nSPS) is 11.8. The van der Waals surface area contributed by atoms with Crippen LogP contribution in [-0.4, -0.2) is 39.4 Å². The molecule has 1 aromatic rings. The summed E-state index contributed by atoms with van der Waals surface area (Å²) in [6, 6.07) is 3.31. The SMILES string of the molecule is CCC(C)N(CC(=O)O)C(=O)c1ccc(Cl)cc1[N+](=O)[O-]. The quantitative estimate of drug-likeness (QED) is 0.642. The predicted octanol–water partition coefficient (Wildman–Crippen LogP) is 2.57. The van der Waals surface area contributed by atoms with Crippen LogP contribution >= 0.6 is 11.6 Å². The minimum absolute atomic E-state index is 0.131. The Labute approximate surface area is 126 Å². The molecule has 1 N–H and O–H groups in total. The maximum atomic E-state index is 12.4. The number of carboxylic acids is 1. The monoisotopic (exact) mass is 314 g/mol. The molecule has 0 aliphatic rings. The van der Waals surface area contributed by atoms with Gasteiger partial charge in [-0.15, -0.1) is 0 Å². The lowest BCUT2D eigenvalue weighted by molar-refractivity contribution is -0.385. The first-order valence-electron chi connectivity index (χ1n) is 6.24. The predicted molar refractivity (Wildman–Crippen MR) is 76.5 cm³/mol. The molecule has 1 atom stereocenters. The average molecular weight is 315 g/mol. The molecule has 7 nitrogen and oxygen atoms in total. The van der Waals surface area contributed by atoms with Crippen LogP contribution in [0.5, 0.6) is 0 Å². The van der Waals surface area contributed by atoms with Gasteiger partial charge in [0.15, 0.2) is 0 Å². The highest BCUT2D eigenvalue weighted by Crippen LogP contribution is 2.25. The number of halogens is 1. The summed E-state index contributed by atoms with van der Waals surface area (Å²) in [5, 5.41) is 20.1. The molecule has 0 aromatic heterocycles. The lowest BCUT2D eigenvalue weighted by Gasteiger charge is -2.26. The van der Waals surface area contributed by atoms with Gasteiger partial charge in [-0.2, -0.15) is 0 Å². The van der Waals surface area contributed by atoms with Crippen LogP contribution in [0, 0.1) is 10.1 Å². The fourth-order valence-corrected chi connectivity index (χ4v) is 1.95. The fourth-order valence-electron chi connectivity index (χ4n) is 1.79. The first-order valence-corrected chi connectivity index (χ1v) is 6.62. The second-order valence-corrected chi connectivity index (χ2v) is 4.94.